The fourth-order valence-electron chi connectivity index (χ4n) is 5.08. The van der Waals surface area contributed by atoms with Crippen molar-refractivity contribution in [1.82, 2.24) is 30.6 Å². The van der Waals surface area contributed by atoms with Gasteiger partial charge in [-0.05, 0) is 37.5 Å². The van der Waals surface area contributed by atoms with Crippen LogP contribution in [0.25, 0.3) is 0 Å². The SMILES string of the molecule is COC(=O)[C@@H](NC(=O)c1cnccn1)C1CCCCC1.O=C(N[C@H](C(=O)O)C1CCCCC1)c1cnccn1. The van der Waals surface area contributed by atoms with Crippen molar-refractivity contribution in [2.75, 3.05) is 7.11 Å². The van der Waals surface area contributed by atoms with Crippen molar-refractivity contribution in [3.8, 4) is 0 Å². The molecule has 0 saturated heterocycles. The minimum absolute atomic E-state index is 0.00636. The lowest BCUT2D eigenvalue weighted by atomic mass is 9.84. The maximum atomic E-state index is 12.1. The van der Waals surface area contributed by atoms with Gasteiger partial charge in [-0.2, -0.15) is 0 Å². The number of carbonyl (C=O) groups excluding carboxylic acids is 3. The minimum atomic E-state index is -0.982. The summed E-state index contributed by atoms with van der Waals surface area (Å²) in [5, 5.41) is 14.6. The van der Waals surface area contributed by atoms with E-state index in [4.69, 9.17) is 4.74 Å². The van der Waals surface area contributed by atoms with Crippen molar-refractivity contribution in [3.63, 3.8) is 0 Å². The highest BCUT2D eigenvalue weighted by Gasteiger charge is 2.33. The van der Waals surface area contributed by atoms with E-state index in [2.05, 4.69) is 30.6 Å². The van der Waals surface area contributed by atoms with E-state index >= 15 is 0 Å². The number of rotatable bonds is 8. The Morgan fingerprint density at radius 2 is 1.18 bits per heavy atom. The number of esters is 1. The summed E-state index contributed by atoms with van der Waals surface area (Å²) in [5.41, 5.74) is 0.349. The number of carboxylic acids is 1. The first kappa shape index (κ1) is 29.6. The van der Waals surface area contributed by atoms with Gasteiger partial charge in [0.05, 0.1) is 19.5 Å². The van der Waals surface area contributed by atoms with Crippen LogP contribution < -0.4 is 10.6 Å². The van der Waals surface area contributed by atoms with Gasteiger partial charge in [0, 0.05) is 24.8 Å². The Kier molecular flexibility index (Phi) is 11.7. The van der Waals surface area contributed by atoms with E-state index in [1.54, 1.807) is 0 Å². The molecule has 2 atom stereocenters. The second kappa shape index (κ2) is 15.5. The van der Waals surface area contributed by atoms with Gasteiger partial charge in [-0.25, -0.2) is 19.6 Å². The van der Waals surface area contributed by atoms with Gasteiger partial charge in [-0.3, -0.25) is 19.6 Å². The lowest BCUT2D eigenvalue weighted by molar-refractivity contribution is -0.144. The summed E-state index contributed by atoms with van der Waals surface area (Å²) in [7, 11) is 1.34. The van der Waals surface area contributed by atoms with Crippen LogP contribution in [-0.4, -0.2) is 68.0 Å². The summed E-state index contributed by atoms with van der Waals surface area (Å²) >= 11 is 0. The molecule has 2 aromatic heterocycles. The summed E-state index contributed by atoms with van der Waals surface area (Å²) in [5.74, 6) is -2.10. The van der Waals surface area contributed by atoms with Crippen molar-refractivity contribution < 1.29 is 29.0 Å². The molecular formula is C27H36N6O6. The summed E-state index contributed by atoms with van der Waals surface area (Å²) in [6.45, 7) is 0. The van der Waals surface area contributed by atoms with Crippen LogP contribution in [0.5, 0.6) is 0 Å². The molecule has 3 N–H and O–H groups in total. The Bertz CT molecular complexity index is 1070. The van der Waals surface area contributed by atoms with Crippen molar-refractivity contribution in [2.45, 2.75) is 76.3 Å². The lowest BCUT2D eigenvalue weighted by Crippen LogP contribution is -2.47. The lowest BCUT2D eigenvalue weighted by Gasteiger charge is -2.28. The number of nitrogens with zero attached hydrogens (tertiary/aromatic N) is 4. The molecule has 0 unspecified atom stereocenters. The summed E-state index contributed by atoms with van der Waals surface area (Å²) in [4.78, 5) is 62.7. The van der Waals surface area contributed by atoms with Crippen LogP contribution in [0.2, 0.25) is 0 Å². The van der Waals surface area contributed by atoms with Gasteiger partial charge in [0.2, 0.25) is 0 Å². The molecule has 0 aliphatic heterocycles. The molecule has 2 heterocycles. The second-order valence-corrected chi connectivity index (χ2v) is 9.74. The Morgan fingerprint density at radius 3 is 1.56 bits per heavy atom. The first-order chi connectivity index (χ1) is 18.9. The van der Waals surface area contributed by atoms with Gasteiger partial charge in [-0.1, -0.05) is 38.5 Å². The summed E-state index contributed by atoms with van der Waals surface area (Å²) in [6.07, 6.45) is 18.6. The number of carbonyl (C=O) groups is 4. The molecule has 0 radical (unpaired) electrons. The molecule has 0 spiro atoms. The average molecular weight is 541 g/mol. The van der Waals surface area contributed by atoms with Gasteiger partial charge in [0.15, 0.2) is 0 Å². The van der Waals surface area contributed by atoms with Crippen molar-refractivity contribution in [2.24, 2.45) is 11.8 Å². The zero-order chi connectivity index (χ0) is 28.0. The molecular weight excluding hydrogens is 504 g/mol. The molecule has 39 heavy (non-hydrogen) atoms. The molecule has 0 aromatic carbocycles. The third-order valence-corrected chi connectivity index (χ3v) is 7.13. The van der Waals surface area contributed by atoms with Gasteiger partial charge >= 0.3 is 11.9 Å². The van der Waals surface area contributed by atoms with Crippen molar-refractivity contribution >= 4 is 23.8 Å². The Morgan fingerprint density at radius 1 is 0.744 bits per heavy atom. The average Bonchev–Trinajstić information content (AvgIpc) is 3.00. The third kappa shape index (κ3) is 9.08. The number of aromatic nitrogens is 4. The van der Waals surface area contributed by atoms with E-state index in [1.807, 2.05) is 0 Å². The molecule has 0 bridgehead atoms. The van der Waals surface area contributed by atoms with Crippen LogP contribution in [0.3, 0.4) is 0 Å². The van der Waals surface area contributed by atoms with Crippen LogP contribution in [0.4, 0.5) is 0 Å². The fraction of sp³-hybridized carbons (Fsp3) is 0.556. The van der Waals surface area contributed by atoms with Gasteiger partial charge in [0.25, 0.3) is 11.8 Å². The number of hydrogen-bond acceptors (Lipinski definition) is 9. The first-order valence-corrected chi connectivity index (χ1v) is 13.3. The van der Waals surface area contributed by atoms with Crippen LogP contribution in [0, 0.1) is 11.8 Å². The maximum Gasteiger partial charge on any atom is 0.328 e. The van der Waals surface area contributed by atoms with E-state index in [1.165, 1.54) is 50.7 Å². The maximum absolute atomic E-state index is 12.1. The van der Waals surface area contributed by atoms with Gasteiger partial charge in [0.1, 0.15) is 23.5 Å². The molecule has 4 rings (SSSR count). The number of carboxylic acid groups (broad SMARTS) is 1. The second-order valence-electron chi connectivity index (χ2n) is 9.74. The predicted molar refractivity (Wildman–Crippen MR) is 139 cm³/mol. The highest BCUT2D eigenvalue weighted by Crippen LogP contribution is 2.28. The van der Waals surface area contributed by atoms with E-state index in [0.29, 0.717) is 0 Å². The van der Waals surface area contributed by atoms with Crippen LogP contribution >= 0.6 is 0 Å². The molecule has 2 fully saturated rings. The Hall–Kier alpha value is -3.96. The van der Waals surface area contributed by atoms with E-state index in [-0.39, 0.29) is 29.1 Å². The summed E-state index contributed by atoms with van der Waals surface area (Å²) < 4.78 is 4.81. The molecule has 2 aliphatic carbocycles. The number of ether oxygens (including phenoxy) is 1. The third-order valence-electron chi connectivity index (χ3n) is 7.13. The topological polar surface area (TPSA) is 173 Å². The molecule has 12 heteroatoms. The number of amides is 2. The van der Waals surface area contributed by atoms with Crippen LogP contribution in [0.1, 0.15) is 85.2 Å². The zero-order valence-corrected chi connectivity index (χ0v) is 22.1. The van der Waals surface area contributed by atoms with Crippen molar-refractivity contribution in [1.29, 1.82) is 0 Å². The van der Waals surface area contributed by atoms with E-state index < -0.39 is 29.9 Å². The quantitative estimate of drug-likeness (QED) is 0.422. The molecule has 2 amide bonds. The highest BCUT2D eigenvalue weighted by atomic mass is 16.5. The summed E-state index contributed by atoms with van der Waals surface area (Å²) in [6, 6.07) is -1.44. The number of hydrogen-bond donors (Lipinski definition) is 3. The Labute approximate surface area is 227 Å². The minimum Gasteiger partial charge on any atom is -0.480 e. The smallest absolute Gasteiger partial charge is 0.328 e. The van der Waals surface area contributed by atoms with Gasteiger partial charge < -0.3 is 20.5 Å². The molecule has 2 saturated carbocycles. The monoisotopic (exact) mass is 540 g/mol. The van der Waals surface area contributed by atoms with E-state index in [9.17, 15) is 24.3 Å². The number of aliphatic carboxylic acids is 1. The predicted octanol–water partition coefficient (Wildman–Crippen LogP) is 2.57. The zero-order valence-electron chi connectivity index (χ0n) is 22.1. The van der Waals surface area contributed by atoms with Crippen LogP contribution in [-0.2, 0) is 14.3 Å². The first-order valence-electron chi connectivity index (χ1n) is 13.3. The van der Waals surface area contributed by atoms with E-state index in [0.717, 1.165) is 57.8 Å². The standard InChI is InChI=1S/C14H19N3O3.C13H17N3O3/c1-20-14(19)12(10-5-3-2-4-6-10)17-13(18)11-9-15-7-8-16-11;17-12(10-8-14-6-7-15-10)16-11(13(18)19)9-4-2-1-3-5-9/h7-10,12H,2-6H2,1H3,(H,17,18);6-9,11H,1-5H2,(H,16,17)(H,18,19)/t12-;11-/m00/s1. The number of methoxy groups -OCH3 is 1. The fourth-order valence-corrected chi connectivity index (χ4v) is 5.08. The largest absolute Gasteiger partial charge is 0.480 e. The Balaban J connectivity index is 0.000000216. The normalized spacial score (nSPS) is 17.5. The van der Waals surface area contributed by atoms with Crippen molar-refractivity contribution in [3.05, 3.63) is 48.6 Å². The van der Waals surface area contributed by atoms with Gasteiger partial charge in [-0.15, -0.1) is 0 Å². The highest BCUT2D eigenvalue weighted by molar-refractivity contribution is 5.95. The molecule has 2 aromatic rings. The van der Waals surface area contributed by atoms with Crippen LogP contribution in [0.15, 0.2) is 37.2 Å². The molecule has 2 aliphatic rings. The number of nitrogens with one attached hydrogen (secondary N) is 2. The molecule has 12 nitrogen and oxygen atoms in total. The molecule has 210 valence electrons.